The molecular formula is C21H19ClO3. The van der Waals surface area contributed by atoms with E-state index in [0.29, 0.717) is 23.0 Å². The molecule has 3 aromatic rings. The number of hydrogen-bond donors (Lipinski definition) is 0. The fourth-order valence-corrected chi connectivity index (χ4v) is 2.92. The molecule has 25 heavy (non-hydrogen) atoms. The van der Waals surface area contributed by atoms with E-state index < -0.39 is 0 Å². The van der Waals surface area contributed by atoms with Crippen LogP contribution in [0, 0.1) is 0 Å². The highest BCUT2D eigenvalue weighted by Gasteiger charge is 2.10. The lowest BCUT2D eigenvalue weighted by molar-refractivity contribution is 0.363. The summed E-state index contributed by atoms with van der Waals surface area (Å²) < 4.78 is 11.0. The van der Waals surface area contributed by atoms with Gasteiger partial charge in [-0.25, -0.2) is 4.79 Å². The highest BCUT2D eigenvalue weighted by atomic mass is 35.5. The van der Waals surface area contributed by atoms with Crippen molar-refractivity contribution in [2.24, 2.45) is 0 Å². The molecule has 4 heteroatoms. The van der Waals surface area contributed by atoms with Gasteiger partial charge in [-0.05, 0) is 29.7 Å². The minimum Gasteiger partial charge on any atom is -0.488 e. The first-order chi connectivity index (χ1) is 12.2. The summed E-state index contributed by atoms with van der Waals surface area (Å²) in [4.78, 5) is 11.7. The van der Waals surface area contributed by atoms with Crippen LogP contribution in [0.15, 0.2) is 63.8 Å². The Morgan fingerprint density at radius 1 is 1.16 bits per heavy atom. The maximum atomic E-state index is 11.7. The normalized spacial score (nSPS) is 11.3. The smallest absolute Gasteiger partial charge is 0.336 e. The Kier molecular flexibility index (Phi) is 5.56. The highest BCUT2D eigenvalue weighted by molar-refractivity contribution is 6.32. The molecule has 0 fully saturated rings. The summed E-state index contributed by atoms with van der Waals surface area (Å²) in [5.41, 5.74) is 2.20. The van der Waals surface area contributed by atoms with E-state index in [2.05, 4.69) is 6.92 Å². The van der Waals surface area contributed by atoms with Crippen LogP contribution in [0.3, 0.4) is 0 Å². The number of halogens is 1. The van der Waals surface area contributed by atoms with Crippen LogP contribution in [0.25, 0.3) is 17.0 Å². The minimum absolute atomic E-state index is 0.354. The SMILES string of the molecule is CCCc1cc(=O)oc2cc(OCC=Cc3ccccc3)c(Cl)cc12. The van der Waals surface area contributed by atoms with Gasteiger partial charge in [-0.1, -0.05) is 61.4 Å². The van der Waals surface area contributed by atoms with Crippen molar-refractivity contribution in [3.63, 3.8) is 0 Å². The second-order valence-corrected chi connectivity index (χ2v) is 6.15. The van der Waals surface area contributed by atoms with Crippen LogP contribution < -0.4 is 10.4 Å². The topological polar surface area (TPSA) is 39.4 Å². The lowest BCUT2D eigenvalue weighted by Gasteiger charge is -2.09. The molecule has 0 saturated heterocycles. The summed E-state index contributed by atoms with van der Waals surface area (Å²) in [5, 5.41) is 1.37. The zero-order valence-electron chi connectivity index (χ0n) is 14.0. The molecule has 0 saturated carbocycles. The number of fused-ring (bicyclic) bond motifs is 1. The van der Waals surface area contributed by atoms with Crippen molar-refractivity contribution >= 4 is 28.6 Å². The molecule has 0 aliphatic rings. The van der Waals surface area contributed by atoms with Crippen molar-refractivity contribution in [2.45, 2.75) is 19.8 Å². The van der Waals surface area contributed by atoms with E-state index in [1.54, 1.807) is 12.1 Å². The molecule has 0 N–H and O–H groups in total. The maximum absolute atomic E-state index is 11.7. The van der Waals surface area contributed by atoms with Gasteiger partial charge in [0.2, 0.25) is 0 Å². The largest absolute Gasteiger partial charge is 0.488 e. The van der Waals surface area contributed by atoms with Crippen LogP contribution in [-0.2, 0) is 6.42 Å². The molecule has 3 nitrogen and oxygen atoms in total. The third-order valence-corrected chi connectivity index (χ3v) is 4.14. The summed E-state index contributed by atoms with van der Waals surface area (Å²) >= 11 is 6.34. The lowest BCUT2D eigenvalue weighted by atomic mass is 10.1. The van der Waals surface area contributed by atoms with Crippen LogP contribution in [0.4, 0.5) is 0 Å². The first-order valence-electron chi connectivity index (χ1n) is 8.28. The Hall–Kier alpha value is -2.52. The van der Waals surface area contributed by atoms with Gasteiger partial charge in [-0.3, -0.25) is 0 Å². The van der Waals surface area contributed by atoms with Crippen LogP contribution in [-0.4, -0.2) is 6.61 Å². The molecule has 1 aromatic heterocycles. The second kappa shape index (κ2) is 8.04. The molecular weight excluding hydrogens is 336 g/mol. The predicted octanol–water partition coefficient (Wildman–Crippen LogP) is 5.49. The van der Waals surface area contributed by atoms with Crippen molar-refractivity contribution in [2.75, 3.05) is 6.61 Å². The second-order valence-electron chi connectivity index (χ2n) is 5.74. The number of ether oxygens (including phenoxy) is 1. The Morgan fingerprint density at radius 3 is 2.72 bits per heavy atom. The number of benzene rings is 2. The molecule has 0 radical (unpaired) electrons. The van der Waals surface area contributed by atoms with E-state index in [-0.39, 0.29) is 5.63 Å². The Balaban J connectivity index is 1.81. The fraction of sp³-hybridized carbons (Fsp3) is 0.190. The van der Waals surface area contributed by atoms with E-state index in [9.17, 15) is 4.79 Å². The van der Waals surface area contributed by atoms with Gasteiger partial charge in [0.1, 0.15) is 17.9 Å². The van der Waals surface area contributed by atoms with Gasteiger partial charge in [-0.2, -0.15) is 0 Å². The quantitative estimate of drug-likeness (QED) is 0.549. The lowest BCUT2D eigenvalue weighted by Crippen LogP contribution is -2.01. The van der Waals surface area contributed by atoms with Gasteiger partial charge in [0.25, 0.3) is 0 Å². The summed E-state index contributed by atoms with van der Waals surface area (Å²) in [7, 11) is 0. The monoisotopic (exact) mass is 354 g/mol. The Labute approximate surface area is 151 Å². The molecule has 3 rings (SSSR count). The molecule has 0 aliphatic heterocycles. The van der Waals surface area contributed by atoms with Crippen LogP contribution in [0.5, 0.6) is 5.75 Å². The van der Waals surface area contributed by atoms with Gasteiger partial charge in [0.05, 0.1) is 5.02 Å². The molecule has 0 bridgehead atoms. The van der Waals surface area contributed by atoms with Crippen molar-refractivity contribution in [1.29, 1.82) is 0 Å². The van der Waals surface area contributed by atoms with Gasteiger partial charge in [0, 0.05) is 17.5 Å². The van der Waals surface area contributed by atoms with E-state index in [1.807, 2.05) is 42.5 Å². The van der Waals surface area contributed by atoms with E-state index in [4.69, 9.17) is 20.8 Å². The maximum Gasteiger partial charge on any atom is 0.336 e. The van der Waals surface area contributed by atoms with Crippen LogP contribution in [0.1, 0.15) is 24.5 Å². The van der Waals surface area contributed by atoms with Crippen molar-refractivity contribution < 1.29 is 9.15 Å². The van der Waals surface area contributed by atoms with Gasteiger partial charge < -0.3 is 9.15 Å². The van der Waals surface area contributed by atoms with Crippen LogP contribution in [0.2, 0.25) is 5.02 Å². The van der Waals surface area contributed by atoms with E-state index in [0.717, 1.165) is 29.4 Å². The van der Waals surface area contributed by atoms with E-state index in [1.165, 1.54) is 6.07 Å². The summed E-state index contributed by atoms with van der Waals surface area (Å²) in [6.07, 6.45) is 5.64. The van der Waals surface area contributed by atoms with Gasteiger partial charge in [0.15, 0.2) is 0 Å². The molecule has 2 aromatic carbocycles. The van der Waals surface area contributed by atoms with Crippen molar-refractivity contribution in [1.82, 2.24) is 0 Å². The zero-order valence-corrected chi connectivity index (χ0v) is 14.8. The third-order valence-electron chi connectivity index (χ3n) is 3.85. The first kappa shape index (κ1) is 17.3. The standard InChI is InChI=1S/C21H19ClO3/c1-2-7-16-12-21(23)25-19-14-20(18(22)13-17(16)19)24-11-6-10-15-8-4-3-5-9-15/h3-6,8-10,12-14H,2,7,11H2,1H3. The fourth-order valence-electron chi connectivity index (χ4n) is 2.70. The number of aryl methyl sites for hydroxylation is 1. The predicted molar refractivity (Wildman–Crippen MR) is 102 cm³/mol. The van der Waals surface area contributed by atoms with Crippen molar-refractivity contribution in [3.8, 4) is 5.75 Å². The number of hydrogen-bond acceptors (Lipinski definition) is 3. The van der Waals surface area contributed by atoms with E-state index >= 15 is 0 Å². The van der Waals surface area contributed by atoms with Gasteiger partial charge >= 0.3 is 5.63 Å². The molecule has 0 atom stereocenters. The molecule has 1 heterocycles. The average Bonchev–Trinajstić information content (AvgIpc) is 2.61. The van der Waals surface area contributed by atoms with Crippen LogP contribution >= 0.6 is 11.6 Å². The van der Waals surface area contributed by atoms with Gasteiger partial charge in [-0.15, -0.1) is 0 Å². The van der Waals surface area contributed by atoms with Crippen molar-refractivity contribution in [3.05, 3.63) is 81.2 Å². The highest BCUT2D eigenvalue weighted by Crippen LogP contribution is 2.31. The molecule has 0 unspecified atom stereocenters. The summed E-state index contributed by atoms with van der Waals surface area (Å²) in [5.74, 6) is 0.503. The summed E-state index contributed by atoms with van der Waals surface area (Å²) in [6, 6.07) is 15.0. The first-order valence-corrected chi connectivity index (χ1v) is 8.66. The molecule has 0 amide bonds. The summed E-state index contributed by atoms with van der Waals surface area (Å²) in [6.45, 7) is 2.44. The third kappa shape index (κ3) is 4.31. The average molecular weight is 355 g/mol. The Morgan fingerprint density at radius 2 is 1.96 bits per heavy atom. The number of rotatable bonds is 6. The molecule has 0 spiro atoms. The molecule has 0 aliphatic carbocycles. The zero-order chi connectivity index (χ0) is 17.6. The molecule has 128 valence electrons. The minimum atomic E-state index is -0.354. The Bertz CT molecular complexity index is 943.